The Kier molecular flexibility index (Phi) is 4.42. The second kappa shape index (κ2) is 5.60. The molecule has 0 aromatic carbocycles. The van der Waals surface area contributed by atoms with Crippen LogP contribution in [0.4, 0.5) is 0 Å². The molecule has 7 heteroatoms. The summed E-state index contributed by atoms with van der Waals surface area (Å²) in [5.41, 5.74) is 0.798. The van der Waals surface area contributed by atoms with Crippen molar-refractivity contribution >= 4 is 23.5 Å². The third-order valence-electron chi connectivity index (χ3n) is 1.98. The monoisotopic (exact) mass is 258 g/mol. The van der Waals surface area contributed by atoms with Gasteiger partial charge >= 0.3 is 5.97 Å². The van der Waals surface area contributed by atoms with Crippen LogP contribution < -0.4 is 5.32 Å². The summed E-state index contributed by atoms with van der Waals surface area (Å²) in [4.78, 5) is 25.8. The lowest BCUT2D eigenvalue weighted by Crippen LogP contribution is -2.36. The van der Waals surface area contributed by atoms with Crippen LogP contribution in [0, 0.1) is 6.92 Å². The molecule has 1 aromatic heterocycles. The maximum atomic E-state index is 11.6. The number of aliphatic carboxylic acids is 1. The van der Waals surface area contributed by atoms with Gasteiger partial charge < -0.3 is 15.5 Å². The van der Waals surface area contributed by atoms with Crippen molar-refractivity contribution in [3.05, 3.63) is 28.5 Å². The lowest BCUT2D eigenvalue weighted by molar-refractivity contribution is -0.146. The van der Waals surface area contributed by atoms with Crippen LogP contribution in [0.2, 0.25) is 5.02 Å². The van der Waals surface area contributed by atoms with E-state index in [1.54, 1.807) is 6.92 Å². The summed E-state index contributed by atoms with van der Waals surface area (Å²) >= 11 is 5.82. The molecule has 3 N–H and O–H groups in total. The second-order valence-electron chi connectivity index (χ2n) is 3.37. The number of amides is 1. The van der Waals surface area contributed by atoms with Gasteiger partial charge in [0.1, 0.15) is 0 Å². The van der Waals surface area contributed by atoms with Crippen LogP contribution >= 0.6 is 11.6 Å². The molecular formula is C10H11ClN2O4. The van der Waals surface area contributed by atoms with E-state index in [0.29, 0.717) is 5.69 Å². The van der Waals surface area contributed by atoms with Crippen molar-refractivity contribution in [1.82, 2.24) is 10.3 Å². The van der Waals surface area contributed by atoms with Crippen molar-refractivity contribution in [2.45, 2.75) is 13.0 Å². The molecule has 0 aliphatic rings. The smallest absolute Gasteiger partial charge is 0.334 e. The van der Waals surface area contributed by atoms with E-state index in [0.717, 1.165) is 0 Å². The number of aromatic nitrogens is 1. The molecule has 1 atom stereocenters. The average Bonchev–Trinajstić information content (AvgIpc) is 2.25. The van der Waals surface area contributed by atoms with Gasteiger partial charge in [-0.05, 0) is 13.0 Å². The van der Waals surface area contributed by atoms with E-state index in [1.165, 1.54) is 12.3 Å². The molecule has 0 spiro atoms. The number of nitrogens with one attached hydrogen (secondary N) is 1. The Balaban J connectivity index is 2.67. The first-order chi connectivity index (χ1) is 7.91. The number of rotatable bonds is 4. The molecule has 6 nitrogen and oxygen atoms in total. The number of aryl methyl sites for hydroxylation is 1. The van der Waals surface area contributed by atoms with E-state index >= 15 is 0 Å². The average molecular weight is 259 g/mol. The van der Waals surface area contributed by atoms with E-state index in [9.17, 15) is 9.59 Å². The fourth-order valence-electron chi connectivity index (χ4n) is 1.07. The summed E-state index contributed by atoms with van der Waals surface area (Å²) in [5.74, 6) is -1.98. The Labute approximate surface area is 102 Å². The van der Waals surface area contributed by atoms with Crippen molar-refractivity contribution in [1.29, 1.82) is 0 Å². The number of aliphatic hydroxyl groups excluding tert-OH is 1. The Bertz CT molecular complexity index is 450. The number of aliphatic hydroxyl groups is 1. The largest absolute Gasteiger partial charge is 0.479 e. The highest BCUT2D eigenvalue weighted by atomic mass is 35.5. The molecule has 0 unspecified atom stereocenters. The van der Waals surface area contributed by atoms with E-state index < -0.39 is 24.5 Å². The molecule has 0 saturated heterocycles. The van der Waals surface area contributed by atoms with Crippen LogP contribution in [0.25, 0.3) is 0 Å². The molecule has 0 aliphatic carbocycles. The molecular weight excluding hydrogens is 248 g/mol. The lowest BCUT2D eigenvalue weighted by Gasteiger charge is -2.08. The van der Waals surface area contributed by atoms with E-state index in [1.807, 2.05) is 0 Å². The number of carbonyl (C=O) groups excluding carboxylic acids is 1. The maximum absolute atomic E-state index is 11.6. The molecule has 1 amide bonds. The molecule has 17 heavy (non-hydrogen) atoms. The van der Waals surface area contributed by atoms with E-state index in [-0.39, 0.29) is 10.6 Å². The van der Waals surface area contributed by atoms with Crippen molar-refractivity contribution < 1.29 is 19.8 Å². The number of carboxylic acid groups (broad SMARTS) is 1. The Morgan fingerprint density at radius 2 is 2.24 bits per heavy atom. The molecule has 0 saturated carbocycles. The number of carboxylic acids is 1. The predicted molar refractivity (Wildman–Crippen MR) is 60.0 cm³/mol. The normalized spacial score (nSPS) is 11.9. The fraction of sp³-hybridized carbons (Fsp3) is 0.300. The third kappa shape index (κ3) is 3.69. The zero-order chi connectivity index (χ0) is 13.0. The topological polar surface area (TPSA) is 99.5 Å². The summed E-state index contributed by atoms with van der Waals surface area (Å²) in [7, 11) is 0. The zero-order valence-electron chi connectivity index (χ0n) is 8.98. The van der Waals surface area contributed by atoms with Gasteiger partial charge in [0, 0.05) is 11.9 Å². The van der Waals surface area contributed by atoms with Gasteiger partial charge in [0.15, 0.2) is 6.10 Å². The van der Waals surface area contributed by atoms with Crippen molar-refractivity contribution in [2.24, 2.45) is 0 Å². The second-order valence-corrected chi connectivity index (χ2v) is 3.78. The van der Waals surface area contributed by atoms with Gasteiger partial charge in [-0.3, -0.25) is 9.78 Å². The molecule has 0 bridgehead atoms. The molecule has 0 fully saturated rings. The number of hydrogen-bond acceptors (Lipinski definition) is 4. The van der Waals surface area contributed by atoms with Crippen LogP contribution in [0.5, 0.6) is 0 Å². The molecule has 92 valence electrons. The van der Waals surface area contributed by atoms with E-state index in [4.69, 9.17) is 21.8 Å². The minimum Gasteiger partial charge on any atom is -0.479 e. The maximum Gasteiger partial charge on any atom is 0.334 e. The van der Waals surface area contributed by atoms with Crippen LogP contribution in [0.1, 0.15) is 16.1 Å². The van der Waals surface area contributed by atoms with Gasteiger partial charge in [-0.1, -0.05) is 11.6 Å². The van der Waals surface area contributed by atoms with E-state index in [2.05, 4.69) is 10.3 Å². The van der Waals surface area contributed by atoms with Crippen molar-refractivity contribution in [2.75, 3.05) is 6.54 Å². The highest BCUT2D eigenvalue weighted by Crippen LogP contribution is 2.15. The first kappa shape index (κ1) is 13.4. The van der Waals surface area contributed by atoms with Gasteiger partial charge in [-0.25, -0.2) is 4.79 Å². The quantitative estimate of drug-likeness (QED) is 0.717. The Morgan fingerprint density at radius 1 is 1.59 bits per heavy atom. The van der Waals surface area contributed by atoms with Crippen LogP contribution in [-0.4, -0.2) is 39.7 Å². The van der Waals surface area contributed by atoms with Gasteiger partial charge in [0.2, 0.25) is 0 Å². The highest BCUT2D eigenvalue weighted by molar-refractivity contribution is 6.33. The molecule has 1 heterocycles. The van der Waals surface area contributed by atoms with Gasteiger partial charge in [-0.15, -0.1) is 0 Å². The molecule has 0 aliphatic heterocycles. The third-order valence-corrected chi connectivity index (χ3v) is 2.29. The number of carbonyl (C=O) groups is 2. The number of halogens is 1. The van der Waals surface area contributed by atoms with Gasteiger partial charge in [0.05, 0.1) is 17.1 Å². The Hall–Kier alpha value is -1.66. The van der Waals surface area contributed by atoms with Crippen molar-refractivity contribution in [3.8, 4) is 0 Å². The first-order valence-electron chi connectivity index (χ1n) is 4.73. The number of pyridine rings is 1. The van der Waals surface area contributed by atoms with Gasteiger partial charge in [-0.2, -0.15) is 0 Å². The highest BCUT2D eigenvalue weighted by Gasteiger charge is 2.16. The molecule has 1 rings (SSSR count). The number of nitrogens with zero attached hydrogens (tertiary/aromatic N) is 1. The first-order valence-corrected chi connectivity index (χ1v) is 5.11. The van der Waals surface area contributed by atoms with Crippen LogP contribution in [0.3, 0.4) is 0 Å². The standard InChI is InChI=1S/C10H11ClN2O4/c1-5-2-7(11)6(3-12-5)9(15)13-4-8(14)10(16)17/h2-3,8,14H,4H2,1H3,(H,13,15)(H,16,17)/t8-/m0/s1. The summed E-state index contributed by atoms with van der Waals surface area (Å²) in [6, 6.07) is 1.52. The van der Waals surface area contributed by atoms with Crippen LogP contribution in [0.15, 0.2) is 12.3 Å². The van der Waals surface area contributed by atoms with Crippen molar-refractivity contribution in [3.63, 3.8) is 0 Å². The summed E-state index contributed by atoms with van der Waals surface area (Å²) < 4.78 is 0. The molecule has 1 aromatic rings. The minimum atomic E-state index is -1.64. The minimum absolute atomic E-state index is 0.134. The van der Waals surface area contributed by atoms with Crippen LogP contribution in [-0.2, 0) is 4.79 Å². The molecule has 0 radical (unpaired) electrons. The summed E-state index contributed by atoms with van der Waals surface area (Å²) in [6.07, 6.45) is -0.351. The number of hydrogen-bond donors (Lipinski definition) is 3. The Morgan fingerprint density at radius 3 is 2.76 bits per heavy atom. The SMILES string of the molecule is Cc1cc(Cl)c(C(=O)NC[C@H](O)C(=O)O)cn1. The summed E-state index contributed by atoms with van der Waals surface area (Å²) in [6.45, 7) is 1.33. The van der Waals surface area contributed by atoms with Gasteiger partial charge in [0.25, 0.3) is 5.91 Å². The zero-order valence-corrected chi connectivity index (χ0v) is 9.73. The lowest BCUT2D eigenvalue weighted by atomic mass is 10.2. The summed E-state index contributed by atoms with van der Waals surface area (Å²) in [5, 5.41) is 19.9. The fourth-order valence-corrected chi connectivity index (χ4v) is 1.36. The predicted octanol–water partition coefficient (Wildman–Crippen LogP) is 0.219.